The van der Waals surface area contributed by atoms with Crippen molar-refractivity contribution in [1.82, 2.24) is 9.97 Å². The number of halogens is 4. The minimum absolute atomic E-state index is 0.00478. The van der Waals surface area contributed by atoms with Crippen molar-refractivity contribution in [3.05, 3.63) is 35.5 Å². The summed E-state index contributed by atoms with van der Waals surface area (Å²) < 4.78 is 47.1. The Labute approximate surface area is 211 Å². The number of carbonyl (C=O) groups is 1. The number of aromatic nitrogens is 2. The predicted octanol–water partition coefficient (Wildman–Crippen LogP) is 4.45. The summed E-state index contributed by atoms with van der Waals surface area (Å²) >= 11 is 5.86. The van der Waals surface area contributed by atoms with Crippen molar-refractivity contribution < 1.29 is 32.5 Å². The van der Waals surface area contributed by atoms with Gasteiger partial charge in [-0.2, -0.15) is 4.98 Å². The van der Waals surface area contributed by atoms with Crippen LogP contribution < -0.4 is 19.9 Å². The fourth-order valence-corrected chi connectivity index (χ4v) is 4.63. The van der Waals surface area contributed by atoms with Gasteiger partial charge in [0.05, 0.1) is 11.1 Å². The van der Waals surface area contributed by atoms with Gasteiger partial charge in [-0.15, -0.1) is 13.2 Å². The maximum Gasteiger partial charge on any atom is 0.573 e. The topological polar surface area (TPSA) is 100 Å². The van der Waals surface area contributed by atoms with E-state index in [9.17, 15) is 23.1 Å². The van der Waals surface area contributed by atoms with E-state index in [4.69, 9.17) is 16.3 Å². The van der Waals surface area contributed by atoms with Gasteiger partial charge in [0, 0.05) is 37.1 Å². The number of hydrogen-bond acceptors (Lipinski definition) is 8. The van der Waals surface area contributed by atoms with Gasteiger partial charge in [0.15, 0.2) is 0 Å². The molecule has 3 heterocycles. The van der Waals surface area contributed by atoms with Gasteiger partial charge in [0.2, 0.25) is 5.95 Å². The second kappa shape index (κ2) is 10.6. The quantitative estimate of drug-likeness (QED) is 0.542. The molecule has 196 valence electrons. The first kappa shape index (κ1) is 26.1. The number of cyclic esters (lactones) is 1. The highest BCUT2D eigenvalue weighted by molar-refractivity contribution is 6.32. The van der Waals surface area contributed by atoms with E-state index >= 15 is 0 Å². The molecular weight excluding hydrogens is 503 g/mol. The zero-order valence-corrected chi connectivity index (χ0v) is 20.5. The van der Waals surface area contributed by atoms with Gasteiger partial charge in [-0.1, -0.05) is 11.6 Å². The number of carbonyl (C=O) groups excluding carboxylic acids is 1. The van der Waals surface area contributed by atoms with Crippen LogP contribution in [0.1, 0.15) is 26.7 Å². The van der Waals surface area contributed by atoms with E-state index in [0.29, 0.717) is 30.5 Å². The molecule has 2 saturated heterocycles. The lowest BCUT2D eigenvalue weighted by molar-refractivity contribution is -0.274. The first-order chi connectivity index (χ1) is 17.0. The van der Waals surface area contributed by atoms with E-state index in [1.807, 2.05) is 11.8 Å². The molecule has 9 nitrogen and oxygen atoms in total. The van der Waals surface area contributed by atoms with E-state index in [2.05, 4.69) is 20.0 Å². The van der Waals surface area contributed by atoms with E-state index in [0.717, 1.165) is 12.8 Å². The number of aliphatic hydroxyl groups excluding tert-OH is 1. The third kappa shape index (κ3) is 6.04. The Morgan fingerprint density at radius 2 is 1.97 bits per heavy atom. The number of nitrogens with one attached hydrogen (secondary N) is 1. The summed E-state index contributed by atoms with van der Waals surface area (Å²) in [6.07, 6.45) is -3.07. The average Bonchev–Trinajstić information content (AvgIpc) is 3.21. The van der Waals surface area contributed by atoms with Gasteiger partial charge >= 0.3 is 12.5 Å². The molecule has 2 aliphatic heterocycles. The lowest BCUT2D eigenvalue weighted by Crippen LogP contribution is -2.41. The van der Waals surface area contributed by atoms with Crippen LogP contribution in [0.2, 0.25) is 5.02 Å². The van der Waals surface area contributed by atoms with Crippen molar-refractivity contribution in [1.29, 1.82) is 0 Å². The lowest BCUT2D eigenvalue weighted by Gasteiger charge is -2.36. The highest BCUT2D eigenvalue weighted by Gasteiger charge is 2.38. The number of nitrogens with zero attached hydrogens (tertiary/aromatic N) is 4. The molecular formula is C23H27ClF3N5O4. The Hall–Kier alpha value is -2.99. The van der Waals surface area contributed by atoms with Crippen LogP contribution in [0.5, 0.6) is 5.75 Å². The first-order valence-electron chi connectivity index (χ1n) is 11.6. The summed E-state index contributed by atoms with van der Waals surface area (Å²) in [5, 5.41) is 13.2. The highest BCUT2D eigenvalue weighted by atomic mass is 35.5. The Morgan fingerprint density at radius 3 is 2.64 bits per heavy atom. The number of hydrogen-bond donors (Lipinski definition) is 2. The van der Waals surface area contributed by atoms with Crippen molar-refractivity contribution in [3.8, 4) is 5.75 Å². The monoisotopic (exact) mass is 529 g/mol. The normalized spacial score (nSPS) is 20.8. The van der Waals surface area contributed by atoms with Crippen molar-refractivity contribution in [3.63, 3.8) is 0 Å². The Morgan fingerprint density at radius 1 is 1.25 bits per heavy atom. The van der Waals surface area contributed by atoms with Crippen molar-refractivity contribution in [2.75, 3.05) is 34.8 Å². The number of alkyl halides is 3. The van der Waals surface area contributed by atoms with Crippen LogP contribution in [-0.2, 0) is 4.74 Å². The Balaban J connectivity index is 1.37. The van der Waals surface area contributed by atoms with Crippen molar-refractivity contribution in [2.24, 2.45) is 5.92 Å². The summed E-state index contributed by atoms with van der Waals surface area (Å²) in [6.45, 7) is 4.95. The SMILES string of the molecule is C[C@H](Nc1nccc(N2C(=O)OCC2[C@@H](C)O)n1)C1CCN(c2ccc(Cl)c(OC(F)(F)F)c2)CC1. The van der Waals surface area contributed by atoms with Gasteiger partial charge in [-0.05, 0) is 50.8 Å². The maximum atomic E-state index is 12.7. The number of amides is 1. The molecule has 2 aliphatic rings. The van der Waals surface area contributed by atoms with E-state index in [1.54, 1.807) is 19.1 Å². The number of rotatable bonds is 7. The third-order valence-corrected chi connectivity index (χ3v) is 6.77. The van der Waals surface area contributed by atoms with Crippen LogP contribution in [0.3, 0.4) is 0 Å². The molecule has 1 amide bonds. The van der Waals surface area contributed by atoms with Gasteiger partial charge in [-0.25, -0.2) is 9.78 Å². The zero-order valence-electron chi connectivity index (χ0n) is 19.7. The number of anilines is 3. The maximum absolute atomic E-state index is 12.7. The van der Waals surface area contributed by atoms with Gasteiger partial charge in [-0.3, -0.25) is 4.90 Å². The molecule has 2 fully saturated rings. The van der Waals surface area contributed by atoms with Crippen LogP contribution in [0.25, 0.3) is 0 Å². The number of piperidine rings is 1. The molecule has 2 N–H and O–H groups in total. The molecule has 0 spiro atoms. The molecule has 4 rings (SSSR count). The fraction of sp³-hybridized carbons (Fsp3) is 0.522. The molecule has 36 heavy (non-hydrogen) atoms. The number of ether oxygens (including phenoxy) is 2. The largest absolute Gasteiger partial charge is 0.573 e. The molecule has 3 atom stereocenters. The first-order valence-corrected chi connectivity index (χ1v) is 11.9. The Bertz CT molecular complexity index is 1080. The lowest BCUT2D eigenvalue weighted by atomic mass is 9.90. The van der Waals surface area contributed by atoms with Crippen LogP contribution in [0.4, 0.5) is 35.4 Å². The summed E-state index contributed by atoms with van der Waals surface area (Å²) in [5.41, 5.74) is 0.610. The van der Waals surface area contributed by atoms with Crippen LogP contribution in [-0.4, -0.2) is 65.4 Å². The standard InChI is InChI=1S/C23H27ClF3N5O4/c1-13(29-21-28-8-5-20(30-21)32-18(14(2)33)12-35-22(32)34)15-6-9-31(10-7-15)16-3-4-17(24)19(11-16)36-23(25,26)27/h3-5,8,11,13-15,18,33H,6-7,9-10,12H2,1-2H3,(H,28,29,30)/t13-,14+,18?/m0/s1. The van der Waals surface area contributed by atoms with E-state index in [-0.39, 0.29) is 23.6 Å². The van der Waals surface area contributed by atoms with Crippen molar-refractivity contribution >= 4 is 35.1 Å². The second-order valence-corrected chi connectivity index (χ2v) is 9.32. The molecule has 1 unspecified atom stereocenters. The number of benzene rings is 1. The smallest absolute Gasteiger partial charge is 0.447 e. The van der Waals surface area contributed by atoms with E-state index < -0.39 is 30.4 Å². The van der Waals surface area contributed by atoms with Crippen LogP contribution in [0.15, 0.2) is 30.5 Å². The highest BCUT2D eigenvalue weighted by Crippen LogP contribution is 2.35. The minimum atomic E-state index is -4.82. The molecule has 0 bridgehead atoms. The summed E-state index contributed by atoms with van der Waals surface area (Å²) in [4.78, 5) is 24.2. The second-order valence-electron chi connectivity index (χ2n) is 8.91. The number of aliphatic hydroxyl groups is 1. The zero-order chi connectivity index (χ0) is 26.0. The molecule has 0 radical (unpaired) electrons. The molecule has 1 aromatic carbocycles. The van der Waals surface area contributed by atoms with Gasteiger partial charge in [0.25, 0.3) is 0 Å². The molecule has 2 aromatic rings. The molecule has 1 aromatic heterocycles. The fourth-order valence-electron chi connectivity index (χ4n) is 4.48. The molecule has 0 aliphatic carbocycles. The predicted molar refractivity (Wildman–Crippen MR) is 127 cm³/mol. The minimum Gasteiger partial charge on any atom is -0.447 e. The van der Waals surface area contributed by atoms with E-state index in [1.165, 1.54) is 23.2 Å². The van der Waals surface area contributed by atoms with Crippen LogP contribution >= 0.6 is 11.6 Å². The summed E-state index contributed by atoms with van der Waals surface area (Å²) in [6, 6.07) is 5.43. The van der Waals surface area contributed by atoms with Gasteiger partial charge < -0.3 is 24.8 Å². The average molecular weight is 530 g/mol. The van der Waals surface area contributed by atoms with Crippen LogP contribution in [0, 0.1) is 5.92 Å². The van der Waals surface area contributed by atoms with Gasteiger partial charge in [0.1, 0.15) is 24.2 Å². The van der Waals surface area contributed by atoms with Crippen molar-refractivity contribution in [2.45, 2.75) is 51.2 Å². The summed E-state index contributed by atoms with van der Waals surface area (Å²) in [7, 11) is 0. The molecule has 0 saturated carbocycles. The molecule has 13 heteroatoms. The Kier molecular flexibility index (Phi) is 7.65. The summed E-state index contributed by atoms with van der Waals surface area (Å²) in [5.74, 6) is 0.518. The third-order valence-electron chi connectivity index (χ3n) is 6.46.